The van der Waals surface area contributed by atoms with Crippen molar-refractivity contribution in [3.05, 3.63) is 0 Å². The molecular formula is C10H22ClNO. The van der Waals surface area contributed by atoms with Crippen molar-refractivity contribution in [3.63, 3.8) is 0 Å². The van der Waals surface area contributed by atoms with Crippen molar-refractivity contribution in [2.75, 3.05) is 32.2 Å². The van der Waals surface area contributed by atoms with Gasteiger partial charge in [0.1, 0.15) is 0 Å². The van der Waals surface area contributed by atoms with Crippen LogP contribution in [-0.2, 0) is 4.74 Å². The highest BCUT2D eigenvalue weighted by Gasteiger charge is 2.07. The predicted molar refractivity (Wildman–Crippen MR) is 58.5 cm³/mol. The molecule has 0 spiro atoms. The van der Waals surface area contributed by atoms with E-state index >= 15 is 0 Å². The summed E-state index contributed by atoms with van der Waals surface area (Å²) >= 11 is 5.70. The number of nitrogens with zero attached hydrogens (tertiary/aromatic N) is 1. The van der Waals surface area contributed by atoms with Crippen LogP contribution < -0.4 is 0 Å². The van der Waals surface area contributed by atoms with Gasteiger partial charge in [-0.3, -0.25) is 4.90 Å². The van der Waals surface area contributed by atoms with E-state index in [4.69, 9.17) is 16.3 Å². The lowest BCUT2D eigenvalue weighted by Gasteiger charge is -2.25. The van der Waals surface area contributed by atoms with Crippen LogP contribution in [0, 0.1) is 0 Å². The number of rotatable bonds is 8. The van der Waals surface area contributed by atoms with Gasteiger partial charge in [-0.15, -0.1) is 11.6 Å². The lowest BCUT2D eigenvalue weighted by atomic mass is 10.3. The Kier molecular flexibility index (Phi) is 8.93. The second kappa shape index (κ2) is 8.79. The zero-order valence-electron chi connectivity index (χ0n) is 9.05. The van der Waals surface area contributed by atoms with E-state index in [0.717, 1.165) is 32.7 Å². The van der Waals surface area contributed by atoms with E-state index in [2.05, 4.69) is 25.7 Å². The third-order valence-corrected chi connectivity index (χ3v) is 2.14. The summed E-state index contributed by atoms with van der Waals surface area (Å²) in [6, 6.07) is 0.559. The Balaban J connectivity index is 3.45. The fourth-order valence-corrected chi connectivity index (χ4v) is 1.38. The van der Waals surface area contributed by atoms with Crippen LogP contribution in [0.25, 0.3) is 0 Å². The summed E-state index contributed by atoms with van der Waals surface area (Å²) in [5.74, 6) is 0.700. The smallest absolute Gasteiger partial charge is 0.0593 e. The number of halogens is 1. The van der Waals surface area contributed by atoms with Gasteiger partial charge in [0.05, 0.1) is 6.61 Å². The quantitative estimate of drug-likeness (QED) is 0.448. The molecule has 0 aromatic carbocycles. The largest absolute Gasteiger partial charge is 0.380 e. The van der Waals surface area contributed by atoms with Gasteiger partial charge in [0.25, 0.3) is 0 Å². The summed E-state index contributed by atoms with van der Waals surface area (Å²) in [5.41, 5.74) is 0. The molecule has 0 saturated carbocycles. The van der Waals surface area contributed by atoms with Crippen molar-refractivity contribution in [2.45, 2.75) is 33.2 Å². The van der Waals surface area contributed by atoms with Crippen LogP contribution in [0.15, 0.2) is 0 Å². The third-order valence-electron chi connectivity index (χ3n) is 1.97. The summed E-state index contributed by atoms with van der Waals surface area (Å²) in [4.78, 5) is 2.34. The van der Waals surface area contributed by atoms with Crippen molar-refractivity contribution in [1.29, 1.82) is 0 Å². The zero-order chi connectivity index (χ0) is 10.1. The minimum atomic E-state index is 0.559. The molecule has 0 atom stereocenters. The molecule has 0 unspecified atom stereocenters. The SMILES string of the molecule is CCCOCCN(CCCl)C(C)C. The van der Waals surface area contributed by atoms with Crippen LogP contribution in [0.5, 0.6) is 0 Å². The average Bonchev–Trinajstić information content (AvgIpc) is 2.10. The summed E-state index contributed by atoms with van der Waals surface area (Å²) in [6.07, 6.45) is 1.09. The van der Waals surface area contributed by atoms with E-state index < -0.39 is 0 Å². The van der Waals surface area contributed by atoms with Gasteiger partial charge in [0, 0.05) is 31.6 Å². The Morgan fingerprint density at radius 3 is 2.38 bits per heavy atom. The second-order valence-corrected chi connectivity index (χ2v) is 3.81. The Bertz CT molecular complexity index is 109. The van der Waals surface area contributed by atoms with Crippen LogP contribution in [-0.4, -0.2) is 43.1 Å². The average molecular weight is 208 g/mol. The first-order valence-electron chi connectivity index (χ1n) is 5.10. The van der Waals surface area contributed by atoms with Crippen molar-refractivity contribution in [2.24, 2.45) is 0 Å². The maximum Gasteiger partial charge on any atom is 0.0593 e. The topological polar surface area (TPSA) is 12.5 Å². The normalized spacial score (nSPS) is 11.5. The monoisotopic (exact) mass is 207 g/mol. The molecule has 0 bridgehead atoms. The minimum absolute atomic E-state index is 0.559. The van der Waals surface area contributed by atoms with Gasteiger partial charge in [-0.25, -0.2) is 0 Å². The second-order valence-electron chi connectivity index (χ2n) is 3.43. The molecule has 0 saturated heterocycles. The molecule has 0 fully saturated rings. The van der Waals surface area contributed by atoms with Gasteiger partial charge < -0.3 is 4.74 Å². The van der Waals surface area contributed by atoms with Gasteiger partial charge in [-0.05, 0) is 20.3 Å². The molecule has 3 heteroatoms. The van der Waals surface area contributed by atoms with Gasteiger partial charge >= 0.3 is 0 Å². The number of hydrogen-bond donors (Lipinski definition) is 0. The van der Waals surface area contributed by atoms with E-state index in [1.165, 1.54) is 0 Å². The molecule has 0 aliphatic heterocycles. The molecule has 13 heavy (non-hydrogen) atoms. The number of alkyl halides is 1. The lowest BCUT2D eigenvalue weighted by molar-refractivity contribution is 0.0957. The van der Waals surface area contributed by atoms with Crippen LogP contribution in [0.1, 0.15) is 27.2 Å². The first-order chi connectivity index (χ1) is 6.22. The number of ether oxygens (including phenoxy) is 1. The molecule has 0 aromatic heterocycles. The van der Waals surface area contributed by atoms with Crippen LogP contribution in [0.4, 0.5) is 0 Å². The summed E-state index contributed by atoms with van der Waals surface area (Å²) < 4.78 is 5.43. The maximum absolute atomic E-state index is 5.70. The fourth-order valence-electron chi connectivity index (χ4n) is 1.16. The molecule has 0 aromatic rings. The van der Waals surface area contributed by atoms with E-state index in [1.54, 1.807) is 0 Å². The Morgan fingerprint density at radius 2 is 1.92 bits per heavy atom. The van der Waals surface area contributed by atoms with Crippen LogP contribution >= 0.6 is 11.6 Å². The van der Waals surface area contributed by atoms with E-state index in [9.17, 15) is 0 Å². The van der Waals surface area contributed by atoms with Gasteiger partial charge in [-0.2, -0.15) is 0 Å². The van der Waals surface area contributed by atoms with Gasteiger partial charge in [0.2, 0.25) is 0 Å². The predicted octanol–water partition coefficient (Wildman–Crippen LogP) is 2.36. The van der Waals surface area contributed by atoms with Crippen molar-refractivity contribution in [3.8, 4) is 0 Å². The Hall–Kier alpha value is 0.210. The molecule has 0 rings (SSSR count). The molecule has 2 nitrogen and oxygen atoms in total. The minimum Gasteiger partial charge on any atom is -0.380 e. The standard InChI is InChI=1S/C10H22ClNO/c1-4-8-13-9-7-12(6-5-11)10(2)3/h10H,4-9H2,1-3H3. The Morgan fingerprint density at radius 1 is 1.23 bits per heavy atom. The van der Waals surface area contributed by atoms with Crippen molar-refractivity contribution >= 4 is 11.6 Å². The van der Waals surface area contributed by atoms with E-state index in [1.807, 2.05) is 0 Å². The molecule has 0 amide bonds. The summed E-state index contributed by atoms with van der Waals surface area (Å²) in [6.45, 7) is 10.1. The molecule has 0 aliphatic carbocycles. The van der Waals surface area contributed by atoms with E-state index in [-0.39, 0.29) is 0 Å². The molecule has 0 radical (unpaired) electrons. The molecule has 0 heterocycles. The molecule has 80 valence electrons. The van der Waals surface area contributed by atoms with Crippen LogP contribution in [0.2, 0.25) is 0 Å². The first-order valence-corrected chi connectivity index (χ1v) is 5.63. The highest BCUT2D eigenvalue weighted by atomic mass is 35.5. The summed E-state index contributed by atoms with van der Waals surface area (Å²) in [5, 5.41) is 0. The van der Waals surface area contributed by atoms with Crippen molar-refractivity contribution in [1.82, 2.24) is 4.90 Å². The third kappa shape index (κ3) is 7.29. The highest BCUT2D eigenvalue weighted by Crippen LogP contribution is 1.98. The maximum atomic E-state index is 5.70. The van der Waals surface area contributed by atoms with Crippen LogP contribution in [0.3, 0.4) is 0 Å². The molecule has 0 aliphatic rings. The lowest BCUT2D eigenvalue weighted by Crippen LogP contribution is -2.35. The molecule has 0 N–H and O–H groups in total. The van der Waals surface area contributed by atoms with Crippen molar-refractivity contribution < 1.29 is 4.74 Å². The molecular weight excluding hydrogens is 186 g/mol. The summed E-state index contributed by atoms with van der Waals surface area (Å²) in [7, 11) is 0. The first kappa shape index (κ1) is 13.2. The van der Waals surface area contributed by atoms with Gasteiger partial charge in [-0.1, -0.05) is 6.92 Å². The van der Waals surface area contributed by atoms with E-state index in [0.29, 0.717) is 11.9 Å². The Labute approximate surface area is 87.2 Å². The fraction of sp³-hybridized carbons (Fsp3) is 1.00. The number of hydrogen-bond acceptors (Lipinski definition) is 2. The zero-order valence-corrected chi connectivity index (χ0v) is 9.81. The highest BCUT2D eigenvalue weighted by molar-refractivity contribution is 6.18. The van der Waals surface area contributed by atoms with Gasteiger partial charge in [0.15, 0.2) is 0 Å².